The molecule has 0 fully saturated rings. The van der Waals surface area contributed by atoms with Crippen LogP contribution in [0.2, 0.25) is 0 Å². The van der Waals surface area contributed by atoms with Crippen LogP contribution in [0.15, 0.2) is 84.4 Å². The molecule has 0 unspecified atom stereocenters. The number of rotatable bonds is 2. The second-order valence-electron chi connectivity index (χ2n) is 6.15. The van der Waals surface area contributed by atoms with Gasteiger partial charge in [-0.15, -0.1) is 0 Å². The molecule has 0 N–H and O–H groups in total. The molecular weight excluding hydrogens is 292 g/mol. The van der Waals surface area contributed by atoms with Gasteiger partial charge < -0.3 is 0 Å². The predicted octanol–water partition coefficient (Wildman–Crippen LogP) is 5.57. The van der Waals surface area contributed by atoms with Gasteiger partial charge in [-0.25, -0.2) is 0 Å². The van der Waals surface area contributed by atoms with Crippen LogP contribution in [0, 0.1) is 0 Å². The monoisotopic (exact) mass is 310 g/mol. The second kappa shape index (κ2) is 6.29. The quantitative estimate of drug-likeness (QED) is 0.566. The highest BCUT2D eigenvalue weighted by Crippen LogP contribution is 2.30. The minimum absolute atomic E-state index is 0.165. The Morgan fingerprint density at radius 2 is 1.42 bits per heavy atom. The standard InChI is InChI=1S/C23H18O/c24-23-21(15-17-7-3-1-4-8-17)14-12-19-11-13-20(16-22(19)23)18-9-5-2-6-10-18/h1-11,13,15-16H,12,14H2. The van der Waals surface area contributed by atoms with Crippen molar-refractivity contribution in [2.24, 2.45) is 0 Å². The molecule has 0 aromatic heterocycles. The summed E-state index contributed by atoms with van der Waals surface area (Å²) in [4.78, 5) is 12.9. The molecule has 1 aliphatic rings. The van der Waals surface area contributed by atoms with Gasteiger partial charge in [0.25, 0.3) is 0 Å². The molecule has 1 nitrogen and oxygen atoms in total. The number of hydrogen-bond donors (Lipinski definition) is 0. The molecule has 3 aromatic rings. The number of Topliss-reactive ketones (excluding diaryl/α,β-unsaturated/α-hetero) is 1. The van der Waals surface area contributed by atoms with Crippen molar-refractivity contribution in [3.63, 3.8) is 0 Å². The van der Waals surface area contributed by atoms with Crippen LogP contribution in [0.25, 0.3) is 17.2 Å². The van der Waals surface area contributed by atoms with E-state index in [4.69, 9.17) is 0 Å². The van der Waals surface area contributed by atoms with Crippen LogP contribution in [-0.4, -0.2) is 5.78 Å². The SMILES string of the molecule is O=C1C(=Cc2ccccc2)CCc2ccc(-c3ccccc3)cc21. The average molecular weight is 310 g/mol. The fourth-order valence-electron chi connectivity index (χ4n) is 3.26. The Morgan fingerprint density at radius 3 is 2.17 bits per heavy atom. The molecule has 1 aliphatic carbocycles. The molecular formula is C23H18O. The van der Waals surface area contributed by atoms with Crippen molar-refractivity contribution < 1.29 is 4.79 Å². The summed E-state index contributed by atoms with van der Waals surface area (Å²) in [5.41, 5.74) is 6.24. The zero-order chi connectivity index (χ0) is 16.4. The first-order chi connectivity index (χ1) is 11.8. The number of aryl methyl sites for hydroxylation is 1. The van der Waals surface area contributed by atoms with Gasteiger partial charge >= 0.3 is 0 Å². The lowest BCUT2D eigenvalue weighted by Gasteiger charge is -2.18. The van der Waals surface area contributed by atoms with Crippen molar-refractivity contribution >= 4 is 11.9 Å². The van der Waals surface area contributed by atoms with Gasteiger partial charge in [-0.05, 0) is 47.2 Å². The van der Waals surface area contributed by atoms with E-state index in [9.17, 15) is 4.79 Å². The molecule has 0 saturated carbocycles. The number of carbonyl (C=O) groups is 1. The van der Waals surface area contributed by atoms with Crippen molar-refractivity contribution in [1.29, 1.82) is 0 Å². The average Bonchev–Trinajstić information content (AvgIpc) is 2.65. The summed E-state index contributed by atoms with van der Waals surface area (Å²) >= 11 is 0. The minimum Gasteiger partial charge on any atom is -0.289 e. The van der Waals surface area contributed by atoms with Crippen LogP contribution >= 0.6 is 0 Å². The number of benzene rings is 3. The third kappa shape index (κ3) is 2.81. The van der Waals surface area contributed by atoms with Gasteiger partial charge in [-0.2, -0.15) is 0 Å². The largest absolute Gasteiger partial charge is 0.289 e. The number of hydrogen-bond acceptors (Lipinski definition) is 1. The Labute approximate surface area is 142 Å². The molecule has 0 amide bonds. The van der Waals surface area contributed by atoms with Crippen molar-refractivity contribution in [2.75, 3.05) is 0 Å². The maximum atomic E-state index is 12.9. The predicted molar refractivity (Wildman–Crippen MR) is 98.9 cm³/mol. The van der Waals surface area contributed by atoms with Crippen molar-refractivity contribution in [3.8, 4) is 11.1 Å². The highest BCUT2D eigenvalue weighted by Gasteiger charge is 2.22. The van der Waals surface area contributed by atoms with Crippen LogP contribution < -0.4 is 0 Å². The van der Waals surface area contributed by atoms with Crippen molar-refractivity contribution in [3.05, 3.63) is 101 Å². The lowest BCUT2D eigenvalue weighted by Crippen LogP contribution is -2.14. The first-order valence-corrected chi connectivity index (χ1v) is 8.30. The molecule has 0 radical (unpaired) electrons. The Kier molecular flexibility index (Phi) is 3.84. The van der Waals surface area contributed by atoms with Crippen molar-refractivity contribution in [2.45, 2.75) is 12.8 Å². The summed E-state index contributed by atoms with van der Waals surface area (Å²) in [6, 6.07) is 26.6. The third-order valence-corrected chi connectivity index (χ3v) is 4.56. The summed E-state index contributed by atoms with van der Waals surface area (Å²) in [5, 5.41) is 0. The Balaban J connectivity index is 1.73. The smallest absolute Gasteiger partial charge is 0.189 e. The lowest BCUT2D eigenvalue weighted by molar-refractivity contribution is 0.102. The maximum Gasteiger partial charge on any atom is 0.189 e. The normalized spacial score (nSPS) is 15.3. The molecule has 0 saturated heterocycles. The Morgan fingerprint density at radius 1 is 0.708 bits per heavy atom. The van der Waals surface area contributed by atoms with Crippen LogP contribution in [0.1, 0.15) is 27.9 Å². The fourth-order valence-corrected chi connectivity index (χ4v) is 3.26. The van der Waals surface area contributed by atoms with Crippen LogP contribution in [0.3, 0.4) is 0 Å². The third-order valence-electron chi connectivity index (χ3n) is 4.56. The summed E-state index contributed by atoms with van der Waals surface area (Å²) in [5.74, 6) is 0.165. The van der Waals surface area contributed by atoms with Gasteiger partial charge in [0.1, 0.15) is 0 Å². The molecule has 0 bridgehead atoms. The van der Waals surface area contributed by atoms with E-state index in [2.05, 4.69) is 24.3 Å². The highest BCUT2D eigenvalue weighted by atomic mass is 16.1. The Bertz CT molecular complexity index is 905. The maximum absolute atomic E-state index is 12.9. The van der Waals surface area contributed by atoms with E-state index in [1.165, 1.54) is 0 Å². The van der Waals surface area contributed by atoms with E-state index >= 15 is 0 Å². The zero-order valence-electron chi connectivity index (χ0n) is 13.4. The molecule has 1 heteroatoms. The van der Waals surface area contributed by atoms with E-state index in [0.29, 0.717) is 0 Å². The molecule has 4 rings (SSSR count). The van der Waals surface area contributed by atoms with E-state index in [0.717, 1.165) is 46.2 Å². The number of carbonyl (C=O) groups excluding carboxylic acids is 1. The number of fused-ring (bicyclic) bond motifs is 1. The number of ketones is 1. The fraction of sp³-hybridized carbons (Fsp3) is 0.0870. The zero-order valence-corrected chi connectivity index (χ0v) is 13.4. The molecule has 0 spiro atoms. The topological polar surface area (TPSA) is 17.1 Å². The highest BCUT2D eigenvalue weighted by molar-refractivity contribution is 6.13. The molecule has 3 aromatic carbocycles. The van der Waals surface area contributed by atoms with E-state index in [-0.39, 0.29) is 5.78 Å². The first kappa shape index (κ1) is 14.6. The summed E-state index contributed by atoms with van der Waals surface area (Å²) in [6.45, 7) is 0. The van der Waals surface area contributed by atoms with Crippen LogP contribution in [0.4, 0.5) is 0 Å². The summed E-state index contributed by atoms with van der Waals surface area (Å²) in [6.07, 6.45) is 3.76. The molecule has 0 aliphatic heterocycles. The molecule has 24 heavy (non-hydrogen) atoms. The second-order valence-corrected chi connectivity index (χ2v) is 6.15. The molecule has 0 heterocycles. The van der Waals surface area contributed by atoms with Gasteiger partial charge in [-0.3, -0.25) is 4.79 Å². The van der Waals surface area contributed by atoms with Gasteiger partial charge in [0.15, 0.2) is 5.78 Å². The van der Waals surface area contributed by atoms with Crippen molar-refractivity contribution in [1.82, 2.24) is 0 Å². The van der Waals surface area contributed by atoms with E-state index in [1.54, 1.807) is 0 Å². The number of allylic oxidation sites excluding steroid dienone is 1. The lowest BCUT2D eigenvalue weighted by atomic mass is 9.84. The van der Waals surface area contributed by atoms with Gasteiger partial charge in [0, 0.05) is 11.1 Å². The Hall–Kier alpha value is -2.93. The molecule has 0 atom stereocenters. The van der Waals surface area contributed by atoms with Crippen LogP contribution in [-0.2, 0) is 6.42 Å². The molecule has 116 valence electrons. The summed E-state index contributed by atoms with van der Waals surface area (Å²) < 4.78 is 0. The summed E-state index contributed by atoms with van der Waals surface area (Å²) in [7, 11) is 0. The van der Waals surface area contributed by atoms with Crippen LogP contribution in [0.5, 0.6) is 0 Å². The van der Waals surface area contributed by atoms with Gasteiger partial charge in [0.05, 0.1) is 0 Å². The van der Waals surface area contributed by atoms with E-state index in [1.807, 2.05) is 60.7 Å². The van der Waals surface area contributed by atoms with E-state index < -0.39 is 0 Å². The first-order valence-electron chi connectivity index (χ1n) is 8.30. The minimum atomic E-state index is 0.165. The van der Waals surface area contributed by atoms with Gasteiger partial charge in [0.2, 0.25) is 0 Å². The van der Waals surface area contributed by atoms with Gasteiger partial charge in [-0.1, -0.05) is 72.8 Å².